The molecule has 1 unspecified atom stereocenters. The zero-order chi connectivity index (χ0) is 12.8. The Morgan fingerprint density at radius 2 is 1.89 bits per heavy atom. The minimum atomic E-state index is -2.85. The number of benzene rings is 1. The lowest BCUT2D eigenvalue weighted by Gasteiger charge is -2.10. The van der Waals surface area contributed by atoms with Gasteiger partial charge in [-0.3, -0.25) is 4.79 Å². The fourth-order valence-electron chi connectivity index (χ4n) is 1.30. The first-order chi connectivity index (χ1) is 8.02. The molecular formula is C11H14ClF2NO3. The molecule has 1 rings (SSSR count). The van der Waals surface area contributed by atoms with Crippen molar-refractivity contribution in [2.24, 2.45) is 5.73 Å². The van der Waals surface area contributed by atoms with Crippen LogP contribution in [0.3, 0.4) is 0 Å². The Morgan fingerprint density at radius 1 is 1.33 bits per heavy atom. The van der Waals surface area contributed by atoms with Gasteiger partial charge in [0.2, 0.25) is 0 Å². The Labute approximate surface area is 109 Å². The molecule has 0 amide bonds. The van der Waals surface area contributed by atoms with Crippen LogP contribution >= 0.6 is 12.4 Å². The van der Waals surface area contributed by atoms with E-state index in [1.54, 1.807) is 12.1 Å². The van der Waals surface area contributed by atoms with Crippen LogP contribution in [-0.4, -0.2) is 25.7 Å². The van der Waals surface area contributed by atoms with Gasteiger partial charge in [0.25, 0.3) is 0 Å². The van der Waals surface area contributed by atoms with Crippen molar-refractivity contribution in [3.63, 3.8) is 0 Å². The number of esters is 1. The van der Waals surface area contributed by atoms with E-state index in [4.69, 9.17) is 5.73 Å². The molecule has 18 heavy (non-hydrogen) atoms. The summed E-state index contributed by atoms with van der Waals surface area (Å²) in [7, 11) is 1.25. The zero-order valence-corrected chi connectivity index (χ0v) is 10.5. The summed E-state index contributed by atoms with van der Waals surface area (Å²) in [6.07, 6.45) is 0.279. The number of carbonyl (C=O) groups excluding carboxylic acids is 1. The molecule has 102 valence electrons. The highest BCUT2D eigenvalue weighted by molar-refractivity contribution is 5.85. The van der Waals surface area contributed by atoms with Crippen molar-refractivity contribution in [3.05, 3.63) is 29.8 Å². The number of hydrogen-bond acceptors (Lipinski definition) is 4. The van der Waals surface area contributed by atoms with E-state index in [1.165, 1.54) is 19.2 Å². The van der Waals surface area contributed by atoms with Gasteiger partial charge in [-0.05, 0) is 24.1 Å². The van der Waals surface area contributed by atoms with Crippen LogP contribution in [0.1, 0.15) is 5.56 Å². The molecule has 0 saturated carbocycles. The fraction of sp³-hybridized carbons (Fsp3) is 0.364. The van der Waals surface area contributed by atoms with Gasteiger partial charge in [-0.1, -0.05) is 12.1 Å². The predicted molar refractivity (Wildman–Crippen MR) is 64.0 cm³/mol. The van der Waals surface area contributed by atoms with Gasteiger partial charge < -0.3 is 15.2 Å². The van der Waals surface area contributed by atoms with E-state index < -0.39 is 18.6 Å². The van der Waals surface area contributed by atoms with Crippen LogP contribution in [0.25, 0.3) is 0 Å². The molecule has 1 atom stereocenters. The Morgan fingerprint density at radius 3 is 2.33 bits per heavy atom. The van der Waals surface area contributed by atoms with Gasteiger partial charge in [0, 0.05) is 0 Å². The highest BCUT2D eigenvalue weighted by Gasteiger charge is 2.14. The first-order valence-electron chi connectivity index (χ1n) is 4.90. The zero-order valence-electron chi connectivity index (χ0n) is 9.64. The van der Waals surface area contributed by atoms with Gasteiger partial charge in [-0.2, -0.15) is 8.78 Å². The molecule has 0 aliphatic carbocycles. The number of carbonyl (C=O) groups is 1. The highest BCUT2D eigenvalue weighted by Crippen LogP contribution is 2.15. The van der Waals surface area contributed by atoms with E-state index in [9.17, 15) is 13.6 Å². The molecule has 0 bridgehead atoms. The molecule has 0 fully saturated rings. The number of alkyl halides is 2. The van der Waals surface area contributed by atoms with E-state index in [0.717, 1.165) is 5.56 Å². The number of nitrogens with two attached hydrogens (primary N) is 1. The molecule has 1 aromatic rings. The van der Waals surface area contributed by atoms with Gasteiger partial charge in [0.1, 0.15) is 11.8 Å². The minimum absolute atomic E-state index is 0. The van der Waals surface area contributed by atoms with Crippen LogP contribution in [-0.2, 0) is 16.0 Å². The third kappa shape index (κ3) is 5.29. The summed E-state index contributed by atoms with van der Waals surface area (Å²) in [6.45, 7) is -2.85. The van der Waals surface area contributed by atoms with Crippen LogP contribution in [0, 0.1) is 0 Å². The maximum atomic E-state index is 11.9. The minimum Gasteiger partial charge on any atom is -0.468 e. The smallest absolute Gasteiger partial charge is 0.387 e. The normalized spacial score (nSPS) is 11.6. The van der Waals surface area contributed by atoms with Crippen molar-refractivity contribution in [3.8, 4) is 5.75 Å². The number of ether oxygens (including phenoxy) is 2. The summed E-state index contributed by atoms with van der Waals surface area (Å²) < 4.78 is 32.4. The predicted octanol–water partition coefficient (Wildman–Crippen LogP) is 1.75. The maximum absolute atomic E-state index is 11.9. The van der Waals surface area contributed by atoms with Crippen molar-refractivity contribution in [1.29, 1.82) is 0 Å². The standard InChI is InChI=1S/C11H13F2NO3.ClH/c1-16-10(15)9(14)6-7-2-4-8(5-3-7)17-11(12)13;/h2-5,9,11H,6,14H2,1H3;1H. The van der Waals surface area contributed by atoms with Gasteiger partial charge in [-0.25, -0.2) is 0 Å². The Kier molecular flexibility index (Phi) is 7.23. The second kappa shape index (κ2) is 7.84. The van der Waals surface area contributed by atoms with Crippen molar-refractivity contribution in [1.82, 2.24) is 0 Å². The van der Waals surface area contributed by atoms with E-state index in [2.05, 4.69) is 9.47 Å². The number of hydrogen-bond donors (Lipinski definition) is 1. The first-order valence-corrected chi connectivity index (χ1v) is 4.90. The molecule has 0 spiro atoms. The maximum Gasteiger partial charge on any atom is 0.387 e. The SMILES string of the molecule is COC(=O)C(N)Cc1ccc(OC(F)F)cc1.Cl. The lowest BCUT2D eigenvalue weighted by atomic mass is 10.1. The van der Waals surface area contributed by atoms with Crippen molar-refractivity contribution >= 4 is 18.4 Å². The second-order valence-corrected chi connectivity index (χ2v) is 3.36. The second-order valence-electron chi connectivity index (χ2n) is 3.36. The van der Waals surface area contributed by atoms with Gasteiger partial charge in [0.05, 0.1) is 7.11 Å². The van der Waals surface area contributed by atoms with Crippen molar-refractivity contribution in [2.75, 3.05) is 7.11 Å². The third-order valence-corrected chi connectivity index (χ3v) is 2.11. The summed E-state index contributed by atoms with van der Waals surface area (Å²) in [5.41, 5.74) is 6.29. The van der Waals surface area contributed by atoms with Crippen LogP contribution in [0.4, 0.5) is 8.78 Å². The number of methoxy groups -OCH3 is 1. The van der Waals surface area contributed by atoms with Crippen LogP contribution in [0.5, 0.6) is 5.75 Å². The van der Waals surface area contributed by atoms with E-state index in [0.29, 0.717) is 0 Å². The first kappa shape index (κ1) is 16.6. The van der Waals surface area contributed by atoms with Crippen LogP contribution in [0.2, 0.25) is 0 Å². The topological polar surface area (TPSA) is 61.5 Å². The molecule has 0 saturated heterocycles. The van der Waals surface area contributed by atoms with Crippen LogP contribution < -0.4 is 10.5 Å². The Bertz CT molecular complexity index is 373. The average molecular weight is 282 g/mol. The largest absolute Gasteiger partial charge is 0.468 e. The molecule has 1 aromatic carbocycles. The number of rotatable bonds is 5. The van der Waals surface area contributed by atoms with Gasteiger partial charge >= 0.3 is 12.6 Å². The average Bonchev–Trinajstić information content (AvgIpc) is 2.30. The monoisotopic (exact) mass is 281 g/mol. The Hall–Kier alpha value is -1.40. The molecule has 0 aromatic heterocycles. The summed E-state index contributed by atoms with van der Waals surface area (Å²) in [6, 6.07) is 5.17. The fourth-order valence-corrected chi connectivity index (χ4v) is 1.30. The number of halogens is 3. The quantitative estimate of drug-likeness (QED) is 0.836. The third-order valence-electron chi connectivity index (χ3n) is 2.11. The highest BCUT2D eigenvalue weighted by atomic mass is 35.5. The van der Waals surface area contributed by atoms with E-state index in [-0.39, 0.29) is 24.6 Å². The lowest BCUT2D eigenvalue weighted by Crippen LogP contribution is -2.33. The molecule has 0 aliphatic heterocycles. The van der Waals surface area contributed by atoms with Crippen molar-refractivity contribution < 1.29 is 23.0 Å². The van der Waals surface area contributed by atoms with E-state index in [1.807, 2.05) is 0 Å². The lowest BCUT2D eigenvalue weighted by molar-refractivity contribution is -0.142. The molecule has 0 aliphatic rings. The van der Waals surface area contributed by atoms with Crippen LogP contribution in [0.15, 0.2) is 24.3 Å². The summed E-state index contributed by atoms with van der Waals surface area (Å²) in [5.74, 6) is -0.451. The summed E-state index contributed by atoms with van der Waals surface area (Å²) in [4.78, 5) is 11.1. The molecule has 0 heterocycles. The van der Waals surface area contributed by atoms with Gasteiger partial charge in [-0.15, -0.1) is 12.4 Å². The van der Waals surface area contributed by atoms with Gasteiger partial charge in [0.15, 0.2) is 0 Å². The Balaban J connectivity index is 0.00000289. The molecule has 0 radical (unpaired) electrons. The molecule has 2 N–H and O–H groups in total. The van der Waals surface area contributed by atoms with Crippen molar-refractivity contribution in [2.45, 2.75) is 19.1 Å². The summed E-state index contributed by atoms with van der Waals surface area (Å²) >= 11 is 0. The molecule has 7 heteroatoms. The molecule has 4 nitrogen and oxygen atoms in total. The summed E-state index contributed by atoms with van der Waals surface area (Å²) in [5, 5.41) is 0. The molecular weight excluding hydrogens is 268 g/mol. The van der Waals surface area contributed by atoms with E-state index >= 15 is 0 Å².